The molecule has 3 rings (SSSR count). The SMILES string of the molecule is CCc1cccc(C)c1NC(=O)c1cnc(N2CCCCC2)nc1C. The van der Waals surface area contributed by atoms with Crippen molar-refractivity contribution in [3.05, 3.63) is 46.8 Å². The lowest BCUT2D eigenvalue weighted by molar-refractivity contribution is 0.102. The number of carbonyl (C=O) groups is 1. The third-order valence-electron chi connectivity index (χ3n) is 4.83. The number of piperidine rings is 1. The smallest absolute Gasteiger partial charge is 0.259 e. The van der Waals surface area contributed by atoms with E-state index in [1.807, 2.05) is 32.0 Å². The van der Waals surface area contributed by atoms with Gasteiger partial charge < -0.3 is 10.2 Å². The Balaban J connectivity index is 1.81. The minimum atomic E-state index is -0.147. The summed E-state index contributed by atoms with van der Waals surface area (Å²) in [6, 6.07) is 6.08. The molecule has 0 atom stereocenters. The zero-order valence-electron chi connectivity index (χ0n) is 15.3. The highest BCUT2D eigenvalue weighted by Gasteiger charge is 2.18. The molecule has 1 N–H and O–H groups in total. The van der Waals surface area contributed by atoms with E-state index < -0.39 is 0 Å². The number of nitrogens with one attached hydrogen (secondary N) is 1. The fourth-order valence-corrected chi connectivity index (χ4v) is 3.31. The summed E-state index contributed by atoms with van der Waals surface area (Å²) in [5, 5.41) is 3.05. The largest absolute Gasteiger partial charge is 0.341 e. The molecule has 1 aromatic carbocycles. The Morgan fingerprint density at radius 1 is 1.20 bits per heavy atom. The normalized spacial score (nSPS) is 14.4. The standard InChI is InChI=1S/C20H26N4O/c1-4-16-10-8-9-14(2)18(16)23-19(25)17-13-21-20(22-15(17)3)24-11-6-5-7-12-24/h8-10,13H,4-7,11-12H2,1-3H3,(H,23,25). The average molecular weight is 338 g/mol. The number of aromatic nitrogens is 2. The van der Waals surface area contributed by atoms with Crippen molar-refractivity contribution in [2.75, 3.05) is 23.3 Å². The van der Waals surface area contributed by atoms with E-state index in [9.17, 15) is 4.79 Å². The van der Waals surface area contributed by atoms with Crippen LogP contribution < -0.4 is 10.2 Å². The summed E-state index contributed by atoms with van der Waals surface area (Å²) < 4.78 is 0. The number of anilines is 2. The predicted octanol–water partition coefficient (Wildman–Crippen LogP) is 3.90. The molecule has 2 heterocycles. The van der Waals surface area contributed by atoms with Gasteiger partial charge in [-0.2, -0.15) is 0 Å². The number of aryl methyl sites for hydroxylation is 3. The van der Waals surface area contributed by atoms with Crippen molar-refractivity contribution in [2.24, 2.45) is 0 Å². The van der Waals surface area contributed by atoms with E-state index in [4.69, 9.17) is 0 Å². The Kier molecular flexibility index (Phi) is 5.31. The highest BCUT2D eigenvalue weighted by molar-refractivity contribution is 6.05. The minimum Gasteiger partial charge on any atom is -0.341 e. The molecule has 1 aromatic heterocycles. The van der Waals surface area contributed by atoms with E-state index in [2.05, 4.69) is 27.1 Å². The van der Waals surface area contributed by atoms with Gasteiger partial charge in [-0.05, 0) is 50.7 Å². The number of rotatable bonds is 4. The summed E-state index contributed by atoms with van der Waals surface area (Å²) in [6.07, 6.45) is 6.16. The molecule has 1 aliphatic rings. The maximum atomic E-state index is 12.7. The molecule has 132 valence electrons. The second-order valence-electron chi connectivity index (χ2n) is 6.63. The predicted molar refractivity (Wildman–Crippen MR) is 101 cm³/mol. The highest BCUT2D eigenvalue weighted by Crippen LogP contribution is 2.23. The molecule has 0 bridgehead atoms. The first-order valence-corrected chi connectivity index (χ1v) is 9.08. The Labute approximate surface area is 149 Å². The molecule has 1 aliphatic heterocycles. The van der Waals surface area contributed by atoms with Crippen LogP contribution in [-0.2, 0) is 6.42 Å². The Morgan fingerprint density at radius 3 is 2.64 bits per heavy atom. The molecule has 25 heavy (non-hydrogen) atoms. The molecule has 0 spiro atoms. The van der Waals surface area contributed by atoms with Crippen molar-refractivity contribution in [1.82, 2.24) is 9.97 Å². The first-order chi connectivity index (χ1) is 12.1. The van der Waals surface area contributed by atoms with Gasteiger partial charge in [0.1, 0.15) is 0 Å². The number of nitrogens with zero attached hydrogens (tertiary/aromatic N) is 3. The third kappa shape index (κ3) is 3.81. The van der Waals surface area contributed by atoms with Crippen molar-refractivity contribution in [1.29, 1.82) is 0 Å². The molecule has 1 saturated heterocycles. The van der Waals surface area contributed by atoms with Crippen LogP contribution in [0.4, 0.5) is 11.6 Å². The number of amides is 1. The van der Waals surface area contributed by atoms with Crippen molar-refractivity contribution < 1.29 is 4.79 Å². The van der Waals surface area contributed by atoms with Crippen LogP contribution in [0, 0.1) is 13.8 Å². The molecule has 0 saturated carbocycles. The lowest BCUT2D eigenvalue weighted by atomic mass is 10.1. The zero-order chi connectivity index (χ0) is 17.8. The van der Waals surface area contributed by atoms with Gasteiger partial charge in [0, 0.05) is 25.0 Å². The fraction of sp³-hybridized carbons (Fsp3) is 0.450. The van der Waals surface area contributed by atoms with E-state index in [1.54, 1.807) is 6.20 Å². The lowest BCUT2D eigenvalue weighted by Crippen LogP contribution is -2.31. The Hall–Kier alpha value is -2.43. The Bertz CT molecular complexity index is 766. The first-order valence-electron chi connectivity index (χ1n) is 9.08. The molecule has 0 aliphatic carbocycles. The van der Waals surface area contributed by atoms with Gasteiger partial charge in [0.2, 0.25) is 5.95 Å². The molecular formula is C20H26N4O. The molecule has 1 fully saturated rings. The van der Waals surface area contributed by atoms with Crippen LogP contribution in [0.1, 0.15) is 53.4 Å². The molecule has 5 nitrogen and oxygen atoms in total. The van der Waals surface area contributed by atoms with Crippen LogP contribution in [-0.4, -0.2) is 29.0 Å². The van der Waals surface area contributed by atoms with Crippen LogP contribution in [0.25, 0.3) is 0 Å². The highest BCUT2D eigenvalue weighted by atomic mass is 16.1. The van der Waals surface area contributed by atoms with Crippen molar-refractivity contribution in [3.63, 3.8) is 0 Å². The average Bonchev–Trinajstić information content (AvgIpc) is 2.64. The molecule has 5 heteroatoms. The van der Waals surface area contributed by atoms with Gasteiger partial charge in [0.25, 0.3) is 5.91 Å². The van der Waals surface area contributed by atoms with Gasteiger partial charge in [-0.3, -0.25) is 4.79 Å². The van der Waals surface area contributed by atoms with E-state index >= 15 is 0 Å². The molecule has 0 radical (unpaired) electrons. The van der Waals surface area contributed by atoms with Crippen LogP contribution in [0.5, 0.6) is 0 Å². The van der Waals surface area contributed by atoms with Crippen LogP contribution >= 0.6 is 0 Å². The van der Waals surface area contributed by atoms with Gasteiger partial charge in [0.05, 0.1) is 11.3 Å². The van der Waals surface area contributed by atoms with Crippen molar-refractivity contribution in [2.45, 2.75) is 46.5 Å². The van der Waals surface area contributed by atoms with Crippen molar-refractivity contribution in [3.8, 4) is 0 Å². The van der Waals surface area contributed by atoms with E-state index in [0.717, 1.165) is 48.0 Å². The summed E-state index contributed by atoms with van der Waals surface area (Å²) in [4.78, 5) is 24.0. The topological polar surface area (TPSA) is 58.1 Å². The zero-order valence-corrected chi connectivity index (χ0v) is 15.3. The number of hydrogen-bond donors (Lipinski definition) is 1. The lowest BCUT2D eigenvalue weighted by Gasteiger charge is -2.26. The summed E-state index contributed by atoms with van der Waals surface area (Å²) >= 11 is 0. The molecule has 1 amide bonds. The summed E-state index contributed by atoms with van der Waals surface area (Å²) in [5.41, 5.74) is 4.35. The van der Waals surface area contributed by atoms with Crippen molar-refractivity contribution >= 4 is 17.5 Å². The van der Waals surface area contributed by atoms with Crippen LogP contribution in [0.3, 0.4) is 0 Å². The maximum absolute atomic E-state index is 12.7. The van der Waals surface area contributed by atoms with E-state index in [0.29, 0.717) is 5.56 Å². The van der Waals surface area contributed by atoms with E-state index in [1.165, 1.54) is 19.3 Å². The van der Waals surface area contributed by atoms with Gasteiger partial charge in [-0.25, -0.2) is 9.97 Å². The molecule has 2 aromatic rings. The van der Waals surface area contributed by atoms with Gasteiger partial charge in [-0.15, -0.1) is 0 Å². The summed E-state index contributed by atoms with van der Waals surface area (Å²) in [6.45, 7) is 7.97. The van der Waals surface area contributed by atoms with Gasteiger partial charge in [0.15, 0.2) is 0 Å². The number of carbonyl (C=O) groups excluding carboxylic acids is 1. The number of benzene rings is 1. The molecule has 0 unspecified atom stereocenters. The Morgan fingerprint density at radius 2 is 1.96 bits per heavy atom. The van der Waals surface area contributed by atoms with Crippen LogP contribution in [0.2, 0.25) is 0 Å². The number of para-hydroxylation sites is 1. The monoisotopic (exact) mass is 338 g/mol. The second kappa shape index (κ2) is 7.64. The molecular weight excluding hydrogens is 312 g/mol. The minimum absolute atomic E-state index is 0.147. The number of hydrogen-bond acceptors (Lipinski definition) is 4. The summed E-state index contributed by atoms with van der Waals surface area (Å²) in [7, 11) is 0. The second-order valence-corrected chi connectivity index (χ2v) is 6.63. The van der Waals surface area contributed by atoms with Gasteiger partial charge >= 0.3 is 0 Å². The van der Waals surface area contributed by atoms with Crippen LogP contribution in [0.15, 0.2) is 24.4 Å². The maximum Gasteiger partial charge on any atom is 0.259 e. The van der Waals surface area contributed by atoms with Gasteiger partial charge in [-0.1, -0.05) is 25.1 Å². The quantitative estimate of drug-likeness (QED) is 0.918. The summed E-state index contributed by atoms with van der Waals surface area (Å²) in [5.74, 6) is 0.589. The third-order valence-corrected chi connectivity index (χ3v) is 4.83. The first kappa shape index (κ1) is 17.4. The fourth-order valence-electron chi connectivity index (χ4n) is 3.31. The van der Waals surface area contributed by atoms with E-state index in [-0.39, 0.29) is 5.91 Å².